The molecule has 0 aliphatic carbocycles. The molecule has 0 amide bonds. The number of aromatic nitrogens is 1. The predicted octanol–water partition coefficient (Wildman–Crippen LogP) is 2.25. The zero-order valence-electron chi connectivity index (χ0n) is 5.12. The average Bonchev–Trinajstić information content (AvgIpc) is 1.94. The van der Waals surface area contributed by atoms with Gasteiger partial charge in [-0.15, -0.1) is 0 Å². The molecule has 58 valence electrons. The highest BCUT2D eigenvalue weighted by Gasteiger charge is 2.14. The molecule has 0 spiro atoms. The van der Waals surface area contributed by atoms with Crippen LogP contribution in [0.5, 0.6) is 0 Å². The summed E-state index contributed by atoms with van der Waals surface area (Å²) >= 11 is 7.41. The van der Waals surface area contributed by atoms with Gasteiger partial charge in [0.05, 0.1) is 4.92 Å². The van der Waals surface area contributed by atoms with E-state index in [1.807, 2.05) is 22.6 Å². The standard InChI is InChI=1S/C5H2ClIN2O2/c6-4-3(9(10)11)1-2-8-5(4)7/h1-2H. The maximum absolute atomic E-state index is 10.3. The lowest BCUT2D eigenvalue weighted by atomic mass is 10.4. The maximum atomic E-state index is 10.3. The van der Waals surface area contributed by atoms with Gasteiger partial charge in [-0.05, 0) is 22.6 Å². The van der Waals surface area contributed by atoms with Gasteiger partial charge in [0, 0.05) is 12.3 Å². The van der Waals surface area contributed by atoms with E-state index in [1.165, 1.54) is 12.3 Å². The Balaban J connectivity index is 3.27. The lowest BCUT2D eigenvalue weighted by molar-refractivity contribution is -0.384. The smallest absolute Gasteiger partial charge is 0.258 e. The van der Waals surface area contributed by atoms with E-state index in [0.29, 0.717) is 3.70 Å². The molecule has 0 aliphatic heterocycles. The first kappa shape index (κ1) is 8.66. The van der Waals surface area contributed by atoms with Crippen LogP contribution in [0, 0.1) is 13.8 Å². The van der Waals surface area contributed by atoms with Crippen molar-refractivity contribution in [2.45, 2.75) is 0 Å². The van der Waals surface area contributed by atoms with E-state index in [9.17, 15) is 10.1 Å². The Bertz CT molecular complexity index is 305. The summed E-state index contributed by atoms with van der Waals surface area (Å²) in [5.74, 6) is 0. The van der Waals surface area contributed by atoms with Crippen molar-refractivity contribution in [3.05, 3.63) is 31.1 Å². The van der Waals surface area contributed by atoms with Gasteiger partial charge in [-0.3, -0.25) is 10.1 Å². The quantitative estimate of drug-likeness (QED) is 0.344. The summed E-state index contributed by atoms with van der Waals surface area (Å²) in [5, 5.41) is 10.4. The summed E-state index contributed by atoms with van der Waals surface area (Å²) in [6.45, 7) is 0. The van der Waals surface area contributed by atoms with Gasteiger partial charge in [0.2, 0.25) is 0 Å². The van der Waals surface area contributed by atoms with Crippen LogP contribution in [0.25, 0.3) is 0 Å². The highest BCUT2D eigenvalue weighted by Crippen LogP contribution is 2.26. The van der Waals surface area contributed by atoms with E-state index in [2.05, 4.69) is 4.98 Å². The van der Waals surface area contributed by atoms with Gasteiger partial charge in [-0.25, -0.2) is 4.98 Å². The molecule has 1 heterocycles. The minimum Gasteiger partial charge on any atom is -0.258 e. The fourth-order valence-corrected chi connectivity index (χ4v) is 1.17. The lowest BCUT2D eigenvalue weighted by Gasteiger charge is -1.94. The molecule has 0 saturated carbocycles. The molecule has 0 aliphatic rings. The summed E-state index contributed by atoms with van der Waals surface area (Å²) < 4.78 is 0.443. The summed E-state index contributed by atoms with van der Waals surface area (Å²) in [4.78, 5) is 13.5. The number of hydrogen-bond acceptors (Lipinski definition) is 3. The van der Waals surface area contributed by atoms with Crippen LogP contribution in [0.1, 0.15) is 0 Å². The van der Waals surface area contributed by atoms with Gasteiger partial charge in [-0.1, -0.05) is 11.6 Å². The van der Waals surface area contributed by atoms with E-state index in [4.69, 9.17) is 11.6 Å². The molecular formula is C5H2ClIN2O2. The second-order valence-electron chi connectivity index (χ2n) is 1.69. The Kier molecular flexibility index (Phi) is 2.61. The van der Waals surface area contributed by atoms with Crippen molar-refractivity contribution in [2.24, 2.45) is 0 Å². The van der Waals surface area contributed by atoms with E-state index < -0.39 is 4.92 Å². The molecule has 1 aromatic heterocycles. The van der Waals surface area contributed by atoms with Crippen LogP contribution in [0.4, 0.5) is 5.69 Å². The number of hydrogen-bond donors (Lipinski definition) is 0. The number of pyridine rings is 1. The Morgan fingerprint density at radius 2 is 2.36 bits per heavy atom. The topological polar surface area (TPSA) is 56.0 Å². The van der Waals surface area contributed by atoms with Gasteiger partial charge < -0.3 is 0 Å². The third-order valence-corrected chi connectivity index (χ3v) is 2.53. The molecule has 4 nitrogen and oxygen atoms in total. The maximum Gasteiger partial charge on any atom is 0.292 e. The lowest BCUT2D eigenvalue weighted by Crippen LogP contribution is -1.91. The molecule has 0 aromatic carbocycles. The first-order chi connectivity index (χ1) is 5.13. The monoisotopic (exact) mass is 284 g/mol. The fraction of sp³-hybridized carbons (Fsp3) is 0. The zero-order valence-corrected chi connectivity index (χ0v) is 8.03. The van der Waals surface area contributed by atoms with Crippen LogP contribution in [-0.4, -0.2) is 9.91 Å². The minimum atomic E-state index is -0.536. The van der Waals surface area contributed by atoms with Crippen LogP contribution >= 0.6 is 34.2 Å². The number of rotatable bonds is 1. The van der Waals surface area contributed by atoms with Crippen molar-refractivity contribution in [3.63, 3.8) is 0 Å². The summed E-state index contributed by atoms with van der Waals surface area (Å²) in [6, 6.07) is 1.27. The normalized spacial score (nSPS) is 9.64. The van der Waals surface area contributed by atoms with Gasteiger partial charge >= 0.3 is 0 Å². The first-order valence-corrected chi connectivity index (χ1v) is 4.03. The van der Waals surface area contributed by atoms with Crippen molar-refractivity contribution in [2.75, 3.05) is 0 Å². The van der Waals surface area contributed by atoms with Crippen molar-refractivity contribution in [3.8, 4) is 0 Å². The highest BCUT2D eigenvalue weighted by atomic mass is 127. The summed E-state index contributed by atoms with van der Waals surface area (Å²) in [6.07, 6.45) is 1.35. The average molecular weight is 284 g/mol. The Morgan fingerprint density at radius 1 is 1.73 bits per heavy atom. The molecule has 11 heavy (non-hydrogen) atoms. The molecule has 1 aromatic rings. The van der Waals surface area contributed by atoms with Crippen molar-refractivity contribution in [1.82, 2.24) is 4.98 Å². The summed E-state index contributed by atoms with van der Waals surface area (Å²) in [5.41, 5.74) is -0.105. The second-order valence-corrected chi connectivity index (χ2v) is 3.09. The van der Waals surface area contributed by atoms with Crippen LogP contribution in [-0.2, 0) is 0 Å². The second kappa shape index (κ2) is 3.31. The predicted molar refractivity (Wildman–Crippen MR) is 48.6 cm³/mol. The Labute approximate surface area is 80.9 Å². The SMILES string of the molecule is O=[N+]([O-])c1ccnc(I)c1Cl. The van der Waals surface area contributed by atoms with Crippen molar-refractivity contribution < 1.29 is 4.92 Å². The van der Waals surface area contributed by atoms with E-state index in [1.54, 1.807) is 0 Å². The van der Waals surface area contributed by atoms with Crippen molar-refractivity contribution >= 4 is 39.9 Å². The first-order valence-electron chi connectivity index (χ1n) is 2.57. The van der Waals surface area contributed by atoms with Gasteiger partial charge in [-0.2, -0.15) is 0 Å². The van der Waals surface area contributed by atoms with Crippen molar-refractivity contribution in [1.29, 1.82) is 0 Å². The number of nitrogens with zero attached hydrogens (tertiary/aromatic N) is 2. The molecular weight excluding hydrogens is 282 g/mol. The molecule has 1 rings (SSSR count). The molecule has 6 heteroatoms. The molecule has 0 unspecified atom stereocenters. The molecule has 0 atom stereocenters. The third-order valence-electron chi connectivity index (χ3n) is 1.02. The van der Waals surface area contributed by atoms with Gasteiger partial charge in [0.1, 0.15) is 8.72 Å². The molecule has 0 bridgehead atoms. The van der Waals surface area contributed by atoms with E-state index >= 15 is 0 Å². The summed E-state index contributed by atoms with van der Waals surface area (Å²) in [7, 11) is 0. The number of halogens is 2. The minimum absolute atomic E-state index is 0.0955. The van der Waals surface area contributed by atoms with Gasteiger partial charge in [0.15, 0.2) is 0 Å². The van der Waals surface area contributed by atoms with Gasteiger partial charge in [0.25, 0.3) is 5.69 Å². The molecule has 0 radical (unpaired) electrons. The molecule has 0 saturated heterocycles. The van der Waals surface area contributed by atoms with E-state index in [0.717, 1.165) is 0 Å². The van der Waals surface area contributed by atoms with Crippen LogP contribution < -0.4 is 0 Å². The molecule has 0 fully saturated rings. The highest BCUT2D eigenvalue weighted by molar-refractivity contribution is 14.1. The fourth-order valence-electron chi connectivity index (χ4n) is 0.550. The van der Waals surface area contributed by atoms with Crippen LogP contribution in [0.2, 0.25) is 5.02 Å². The number of nitro groups is 1. The zero-order chi connectivity index (χ0) is 8.43. The molecule has 0 N–H and O–H groups in total. The Morgan fingerprint density at radius 3 is 2.82 bits per heavy atom. The van der Waals surface area contributed by atoms with E-state index in [-0.39, 0.29) is 10.7 Å². The Hall–Kier alpha value is -0.430. The van der Waals surface area contributed by atoms with Crippen LogP contribution in [0.15, 0.2) is 12.3 Å². The third kappa shape index (κ3) is 1.78. The largest absolute Gasteiger partial charge is 0.292 e. The van der Waals surface area contributed by atoms with Crippen LogP contribution in [0.3, 0.4) is 0 Å².